The lowest BCUT2D eigenvalue weighted by molar-refractivity contribution is 0.404. The molecule has 0 aliphatic heterocycles. The van der Waals surface area contributed by atoms with Crippen molar-refractivity contribution in [1.82, 2.24) is 0 Å². The van der Waals surface area contributed by atoms with Crippen LogP contribution in [0.15, 0.2) is 29.2 Å². The first kappa shape index (κ1) is 13.6. The zero-order chi connectivity index (χ0) is 14.2. The van der Waals surface area contributed by atoms with Crippen LogP contribution in [0.5, 0.6) is 17.2 Å². The van der Waals surface area contributed by atoms with Crippen LogP contribution in [-0.4, -0.2) is 15.3 Å². The molecule has 0 aromatic heterocycles. The van der Waals surface area contributed by atoms with Gasteiger partial charge in [0.2, 0.25) is 0 Å². The van der Waals surface area contributed by atoms with E-state index in [4.69, 9.17) is 0 Å². The molecule has 0 radical (unpaired) electrons. The van der Waals surface area contributed by atoms with Crippen LogP contribution in [0.4, 0.5) is 0 Å². The van der Waals surface area contributed by atoms with Crippen molar-refractivity contribution in [3.63, 3.8) is 0 Å². The zero-order valence-corrected chi connectivity index (χ0v) is 11.7. The van der Waals surface area contributed by atoms with Crippen molar-refractivity contribution >= 4 is 12.6 Å². The Morgan fingerprint density at radius 3 is 2.26 bits per heavy atom. The molecule has 4 heteroatoms. The molecule has 3 N–H and O–H groups in total. The molecule has 0 atom stereocenters. The number of thiol groups is 1. The highest BCUT2D eigenvalue weighted by Gasteiger charge is 2.15. The van der Waals surface area contributed by atoms with Crippen molar-refractivity contribution < 1.29 is 15.3 Å². The van der Waals surface area contributed by atoms with Gasteiger partial charge in [0.1, 0.15) is 5.75 Å². The van der Waals surface area contributed by atoms with Crippen molar-refractivity contribution in [2.45, 2.75) is 25.2 Å². The van der Waals surface area contributed by atoms with Crippen molar-refractivity contribution in [3.8, 4) is 28.4 Å². The Bertz CT molecular complexity index is 636. The summed E-state index contributed by atoms with van der Waals surface area (Å²) >= 11 is 4.30. The van der Waals surface area contributed by atoms with E-state index in [1.54, 1.807) is 18.2 Å². The maximum atomic E-state index is 10.0. The molecule has 100 valence electrons. The normalized spacial score (nSPS) is 10.7. The number of phenolic OH excluding ortho intramolecular Hbond substituents is 3. The van der Waals surface area contributed by atoms with Crippen molar-refractivity contribution in [3.05, 3.63) is 35.4 Å². The summed E-state index contributed by atoms with van der Waals surface area (Å²) < 4.78 is 0. The number of rotatable bonds is 2. The van der Waals surface area contributed by atoms with Crippen LogP contribution >= 0.6 is 12.6 Å². The molecular formula is C15H16O3S. The Morgan fingerprint density at radius 1 is 0.947 bits per heavy atom. The van der Waals surface area contributed by atoms with Crippen LogP contribution in [0.1, 0.15) is 18.1 Å². The molecule has 3 nitrogen and oxygen atoms in total. The molecule has 0 saturated heterocycles. The number of hydrogen-bond donors (Lipinski definition) is 4. The van der Waals surface area contributed by atoms with Crippen LogP contribution in [0, 0.1) is 6.92 Å². The molecule has 0 aliphatic rings. The van der Waals surface area contributed by atoms with Crippen LogP contribution in [0.25, 0.3) is 11.1 Å². The third kappa shape index (κ3) is 2.49. The van der Waals surface area contributed by atoms with Gasteiger partial charge in [0.15, 0.2) is 11.5 Å². The van der Waals surface area contributed by atoms with Gasteiger partial charge in [-0.15, -0.1) is 12.6 Å². The van der Waals surface area contributed by atoms with E-state index in [9.17, 15) is 15.3 Å². The molecule has 0 saturated carbocycles. The Labute approximate surface area is 117 Å². The van der Waals surface area contributed by atoms with E-state index in [0.717, 1.165) is 17.5 Å². The highest BCUT2D eigenvalue weighted by molar-refractivity contribution is 7.80. The Kier molecular flexibility index (Phi) is 3.62. The molecule has 0 heterocycles. The summed E-state index contributed by atoms with van der Waals surface area (Å²) in [7, 11) is 0. The largest absolute Gasteiger partial charge is 0.507 e. The molecule has 2 rings (SSSR count). The molecular weight excluding hydrogens is 260 g/mol. The number of aryl methyl sites for hydroxylation is 2. The van der Waals surface area contributed by atoms with Gasteiger partial charge in [-0.3, -0.25) is 0 Å². The van der Waals surface area contributed by atoms with E-state index >= 15 is 0 Å². The van der Waals surface area contributed by atoms with Gasteiger partial charge in [0.05, 0.1) is 0 Å². The molecule has 0 spiro atoms. The Morgan fingerprint density at radius 2 is 1.63 bits per heavy atom. The van der Waals surface area contributed by atoms with Crippen LogP contribution in [0.3, 0.4) is 0 Å². The predicted octanol–water partition coefficient (Wildman–Crippen LogP) is 3.63. The van der Waals surface area contributed by atoms with Crippen molar-refractivity contribution in [2.24, 2.45) is 0 Å². The fraction of sp³-hybridized carbons (Fsp3) is 0.200. The summed E-state index contributed by atoms with van der Waals surface area (Å²) in [4.78, 5) is 0.708. The molecule has 0 fully saturated rings. The predicted molar refractivity (Wildman–Crippen MR) is 78.2 cm³/mol. The number of hydrogen-bond acceptors (Lipinski definition) is 4. The first-order valence-electron chi connectivity index (χ1n) is 6.01. The van der Waals surface area contributed by atoms with Crippen LogP contribution in [-0.2, 0) is 6.42 Å². The van der Waals surface area contributed by atoms with Gasteiger partial charge >= 0.3 is 0 Å². The van der Waals surface area contributed by atoms with Crippen molar-refractivity contribution in [1.29, 1.82) is 0 Å². The lowest BCUT2D eigenvalue weighted by Gasteiger charge is -2.12. The quantitative estimate of drug-likeness (QED) is 0.500. The summed E-state index contributed by atoms with van der Waals surface area (Å²) in [5, 5.41) is 29.6. The summed E-state index contributed by atoms with van der Waals surface area (Å²) in [6.45, 7) is 3.80. The molecule has 19 heavy (non-hydrogen) atoms. The van der Waals surface area contributed by atoms with E-state index in [2.05, 4.69) is 12.6 Å². The average Bonchev–Trinajstić information content (AvgIpc) is 2.34. The second-order valence-corrected chi connectivity index (χ2v) is 5.01. The molecule has 0 unspecified atom stereocenters. The lowest BCUT2D eigenvalue weighted by Crippen LogP contribution is -1.89. The smallest absolute Gasteiger partial charge is 0.165 e. The fourth-order valence-corrected chi connectivity index (χ4v) is 2.43. The van der Waals surface area contributed by atoms with Crippen LogP contribution < -0.4 is 0 Å². The monoisotopic (exact) mass is 276 g/mol. The second-order valence-electron chi connectivity index (χ2n) is 4.53. The highest BCUT2D eigenvalue weighted by atomic mass is 32.1. The maximum absolute atomic E-state index is 10.0. The molecule has 2 aromatic carbocycles. The van der Waals surface area contributed by atoms with E-state index in [1.807, 2.05) is 13.8 Å². The molecule has 0 bridgehead atoms. The highest BCUT2D eigenvalue weighted by Crippen LogP contribution is 2.42. The fourth-order valence-electron chi connectivity index (χ4n) is 2.09. The first-order chi connectivity index (χ1) is 8.93. The average molecular weight is 276 g/mol. The Balaban J connectivity index is 2.72. The summed E-state index contributed by atoms with van der Waals surface area (Å²) in [6.07, 6.45) is 0.769. The van der Waals surface area contributed by atoms with E-state index in [1.165, 1.54) is 6.07 Å². The standard InChI is InChI=1S/C15H16O3S/c1-3-9-6-10(12(16)7-14(9)19)11-4-8(2)5-13(17)15(11)18/h4-7,16-19H,3H2,1-2H3. The Hall–Kier alpha value is -1.81. The zero-order valence-electron chi connectivity index (χ0n) is 10.8. The number of aromatic hydroxyl groups is 3. The second kappa shape index (κ2) is 5.05. The minimum Gasteiger partial charge on any atom is -0.507 e. The van der Waals surface area contributed by atoms with Crippen molar-refractivity contribution in [2.75, 3.05) is 0 Å². The summed E-state index contributed by atoms with van der Waals surface area (Å²) in [6, 6.07) is 6.53. The van der Waals surface area contributed by atoms with Gasteiger partial charge in [-0.1, -0.05) is 6.92 Å². The van der Waals surface area contributed by atoms with Crippen LogP contribution in [0.2, 0.25) is 0 Å². The topological polar surface area (TPSA) is 60.7 Å². The third-order valence-corrected chi connectivity index (χ3v) is 3.52. The van der Waals surface area contributed by atoms with Gasteiger partial charge in [-0.2, -0.15) is 0 Å². The van der Waals surface area contributed by atoms with Gasteiger partial charge in [0.25, 0.3) is 0 Å². The van der Waals surface area contributed by atoms with E-state index in [0.29, 0.717) is 16.0 Å². The maximum Gasteiger partial charge on any atom is 0.165 e. The number of phenols is 3. The van der Waals surface area contributed by atoms with E-state index in [-0.39, 0.29) is 17.2 Å². The summed E-state index contributed by atoms with van der Waals surface area (Å²) in [5.41, 5.74) is 2.68. The summed E-state index contributed by atoms with van der Waals surface area (Å²) in [5.74, 6) is -0.389. The van der Waals surface area contributed by atoms with Gasteiger partial charge in [0, 0.05) is 16.0 Å². The lowest BCUT2D eigenvalue weighted by atomic mass is 9.98. The molecule has 2 aromatic rings. The molecule has 0 amide bonds. The van der Waals surface area contributed by atoms with E-state index < -0.39 is 0 Å². The van der Waals surface area contributed by atoms with Gasteiger partial charge in [-0.25, -0.2) is 0 Å². The molecule has 0 aliphatic carbocycles. The first-order valence-corrected chi connectivity index (χ1v) is 6.46. The van der Waals surface area contributed by atoms with Gasteiger partial charge in [-0.05, 0) is 48.7 Å². The van der Waals surface area contributed by atoms with Gasteiger partial charge < -0.3 is 15.3 Å². The minimum atomic E-state index is -0.227. The third-order valence-electron chi connectivity index (χ3n) is 3.10. The SMILES string of the molecule is CCc1cc(-c2cc(C)cc(O)c2O)c(O)cc1S. The minimum absolute atomic E-state index is 0.0301. The number of benzene rings is 2.